The van der Waals surface area contributed by atoms with Crippen LogP contribution in [0, 0.1) is 0 Å². The van der Waals surface area contributed by atoms with Crippen LogP contribution in [-0.2, 0) is 0 Å². The molecule has 1 fully saturated rings. The van der Waals surface area contributed by atoms with E-state index < -0.39 is 0 Å². The van der Waals surface area contributed by atoms with E-state index >= 15 is 0 Å². The third kappa shape index (κ3) is 4.04. The maximum absolute atomic E-state index is 12.8. The Morgan fingerprint density at radius 1 is 1.00 bits per heavy atom. The number of likely N-dealkylation sites (tertiary alicyclic amines) is 1. The third-order valence-corrected chi connectivity index (χ3v) is 5.27. The van der Waals surface area contributed by atoms with Gasteiger partial charge < -0.3 is 13.9 Å². The second-order valence-electron chi connectivity index (χ2n) is 7.12. The van der Waals surface area contributed by atoms with E-state index in [9.17, 15) is 4.79 Å². The zero-order chi connectivity index (χ0) is 19.3. The minimum absolute atomic E-state index is 0.0531. The maximum atomic E-state index is 12.8. The number of methoxy groups -OCH3 is 1. The van der Waals surface area contributed by atoms with Gasteiger partial charge in [-0.3, -0.25) is 9.69 Å². The molecule has 0 aliphatic carbocycles. The van der Waals surface area contributed by atoms with Gasteiger partial charge in [-0.2, -0.15) is 0 Å². The Morgan fingerprint density at radius 3 is 2.50 bits per heavy atom. The predicted molar refractivity (Wildman–Crippen MR) is 110 cm³/mol. The fourth-order valence-corrected chi connectivity index (χ4v) is 3.64. The van der Waals surface area contributed by atoms with Crippen molar-refractivity contribution >= 4 is 11.0 Å². The molecule has 0 spiro atoms. The molecular formula is C23H25NO4. The number of rotatable bonds is 6. The molecule has 1 saturated heterocycles. The standard InChI is InChI=1S/C23H25NO4/c1-26-19-9-10-20-22(15-19)28-16-21(23(20)25)17-5-7-18(8-6-17)27-14-13-24-11-3-2-4-12-24/h5-10,15-16H,2-4,11-14H2,1H3. The van der Waals surface area contributed by atoms with Gasteiger partial charge in [-0.1, -0.05) is 18.6 Å². The number of ether oxygens (including phenoxy) is 2. The first-order chi connectivity index (χ1) is 13.7. The van der Waals surface area contributed by atoms with E-state index in [1.165, 1.54) is 38.6 Å². The lowest BCUT2D eigenvalue weighted by Crippen LogP contribution is -2.33. The average molecular weight is 379 g/mol. The first-order valence-electron chi connectivity index (χ1n) is 9.80. The van der Waals surface area contributed by atoms with Crippen molar-refractivity contribution in [2.75, 3.05) is 33.4 Å². The summed E-state index contributed by atoms with van der Waals surface area (Å²) in [7, 11) is 1.59. The molecule has 0 atom stereocenters. The number of benzene rings is 2. The molecule has 5 heteroatoms. The van der Waals surface area contributed by atoms with Gasteiger partial charge in [0, 0.05) is 12.6 Å². The monoisotopic (exact) mass is 379 g/mol. The molecule has 0 radical (unpaired) electrons. The molecule has 0 saturated carbocycles. The van der Waals surface area contributed by atoms with Crippen LogP contribution >= 0.6 is 0 Å². The van der Waals surface area contributed by atoms with Crippen molar-refractivity contribution in [3.63, 3.8) is 0 Å². The Labute approximate surface area is 164 Å². The quantitative estimate of drug-likeness (QED) is 0.638. The number of hydrogen-bond acceptors (Lipinski definition) is 5. The van der Waals surface area contributed by atoms with E-state index in [1.807, 2.05) is 24.3 Å². The molecule has 5 nitrogen and oxygen atoms in total. The molecule has 0 N–H and O–H groups in total. The van der Waals surface area contributed by atoms with Crippen LogP contribution in [0.1, 0.15) is 19.3 Å². The van der Waals surface area contributed by atoms with Crippen molar-refractivity contribution in [3.05, 3.63) is 59.0 Å². The number of hydrogen-bond donors (Lipinski definition) is 0. The summed E-state index contributed by atoms with van der Waals surface area (Å²) in [6.45, 7) is 3.98. The molecule has 28 heavy (non-hydrogen) atoms. The minimum atomic E-state index is -0.0531. The summed E-state index contributed by atoms with van der Waals surface area (Å²) < 4.78 is 16.7. The first kappa shape index (κ1) is 18.6. The Balaban J connectivity index is 1.46. The van der Waals surface area contributed by atoms with Crippen molar-refractivity contribution in [2.24, 2.45) is 0 Å². The lowest BCUT2D eigenvalue weighted by atomic mass is 10.1. The van der Waals surface area contributed by atoms with Crippen LogP contribution in [0.3, 0.4) is 0 Å². The molecule has 0 amide bonds. The van der Waals surface area contributed by atoms with Gasteiger partial charge in [0.15, 0.2) is 5.43 Å². The van der Waals surface area contributed by atoms with Crippen molar-refractivity contribution in [3.8, 4) is 22.6 Å². The minimum Gasteiger partial charge on any atom is -0.497 e. The van der Waals surface area contributed by atoms with Gasteiger partial charge in [-0.25, -0.2) is 0 Å². The largest absolute Gasteiger partial charge is 0.497 e. The lowest BCUT2D eigenvalue weighted by molar-refractivity contribution is 0.183. The summed E-state index contributed by atoms with van der Waals surface area (Å²) in [4.78, 5) is 15.3. The van der Waals surface area contributed by atoms with Crippen molar-refractivity contribution in [1.82, 2.24) is 4.90 Å². The van der Waals surface area contributed by atoms with E-state index in [-0.39, 0.29) is 5.43 Å². The summed E-state index contributed by atoms with van der Waals surface area (Å²) >= 11 is 0. The molecule has 1 aliphatic heterocycles. The van der Waals surface area contributed by atoms with E-state index in [2.05, 4.69) is 4.90 Å². The summed E-state index contributed by atoms with van der Waals surface area (Å²) in [5, 5.41) is 0.542. The van der Waals surface area contributed by atoms with Crippen LogP contribution < -0.4 is 14.9 Å². The van der Waals surface area contributed by atoms with E-state index in [4.69, 9.17) is 13.9 Å². The average Bonchev–Trinajstić information content (AvgIpc) is 2.75. The van der Waals surface area contributed by atoms with Crippen LogP contribution in [0.15, 0.2) is 57.9 Å². The first-order valence-corrected chi connectivity index (χ1v) is 9.80. The third-order valence-electron chi connectivity index (χ3n) is 5.27. The molecule has 3 aromatic rings. The summed E-state index contributed by atoms with van der Waals surface area (Å²) in [6, 6.07) is 12.8. The summed E-state index contributed by atoms with van der Waals surface area (Å²) in [5.41, 5.74) is 1.82. The highest BCUT2D eigenvalue weighted by Gasteiger charge is 2.11. The van der Waals surface area contributed by atoms with Gasteiger partial charge in [-0.05, 0) is 55.8 Å². The van der Waals surface area contributed by atoms with Crippen LogP contribution in [0.25, 0.3) is 22.1 Å². The van der Waals surface area contributed by atoms with Gasteiger partial charge in [0.1, 0.15) is 30.0 Å². The Bertz CT molecular complexity index is 988. The Hall–Kier alpha value is -2.79. The van der Waals surface area contributed by atoms with Gasteiger partial charge >= 0.3 is 0 Å². The van der Waals surface area contributed by atoms with Gasteiger partial charge in [-0.15, -0.1) is 0 Å². The molecule has 1 aromatic heterocycles. The molecule has 0 bridgehead atoms. The fraction of sp³-hybridized carbons (Fsp3) is 0.348. The topological polar surface area (TPSA) is 51.9 Å². The molecular weight excluding hydrogens is 354 g/mol. The van der Waals surface area contributed by atoms with E-state index in [0.717, 1.165) is 17.9 Å². The normalized spacial score (nSPS) is 14.9. The maximum Gasteiger partial charge on any atom is 0.200 e. The van der Waals surface area contributed by atoms with Crippen LogP contribution in [0.2, 0.25) is 0 Å². The van der Waals surface area contributed by atoms with Crippen LogP contribution in [0.5, 0.6) is 11.5 Å². The van der Waals surface area contributed by atoms with Crippen LogP contribution in [-0.4, -0.2) is 38.3 Å². The molecule has 0 unspecified atom stereocenters. The highest BCUT2D eigenvalue weighted by molar-refractivity contribution is 5.82. The lowest BCUT2D eigenvalue weighted by Gasteiger charge is -2.26. The second kappa shape index (κ2) is 8.48. The van der Waals surface area contributed by atoms with Crippen molar-refractivity contribution in [2.45, 2.75) is 19.3 Å². The molecule has 4 rings (SSSR count). The predicted octanol–water partition coefficient (Wildman–Crippen LogP) is 4.33. The molecule has 2 heterocycles. The van der Waals surface area contributed by atoms with E-state index in [1.54, 1.807) is 25.3 Å². The van der Waals surface area contributed by atoms with Gasteiger partial charge in [0.05, 0.1) is 18.1 Å². The zero-order valence-corrected chi connectivity index (χ0v) is 16.1. The number of fused-ring (bicyclic) bond motifs is 1. The SMILES string of the molecule is COc1ccc2c(=O)c(-c3ccc(OCCN4CCCCC4)cc3)coc2c1. The summed E-state index contributed by atoms with van der Waals surface area (Å²) in [6.07, 6.45) is 5.43. The van der Waals surface area contributed by atoms with Gasteiger partial charge in [0.25, 0.3) is 0 Å². The highest BCUT2D eigenvalue weighted by atomic mass is 16.5. The smallest absolute Gasteiger partial charge is 0.200 e. The van der Waals surface area contributed by atoms with Crippen molar-refractivity contribution in [1.29, 1.82) is 0 Å². The Kier molecular flexibility index (Phi) is 5.63. The number of nitrogens with zero attached hydrogens (tertiary/aromatic N) is 1. The number of piperidine rings is 1. The highest BCUT2D eigenvalue weighted by Crippen LogP contribution is 2.24. The summed E-state index contributed by atoms with van der Waals surface area (Å²) in [5.74, 6) is 1.48. The van der Waals surface area contributed by atoms with Gasteiger partial charge in [0.2, 0.25) is 0 Å². The second-order valence-corrected chi connectivity index (χ2v) is 7.12. The Morgan fingerprint density at radius 2 is 1.75 bits per heavy atom. The fourth-order valence-electron chi connectivity index (χ4n) is 3.64. The van der Waals surface area contributed by atoms with Crippen molar-refractivity contribution < 1.29 is 13.9 Å². The molecule has 2 aromatic carbocycles. The van der Waals surface area contributed by atoms with Crippen LogP contribution in [0.4, 0.5) is 0 Å². The molecule has 1 aliphatic rings. The van der Waals surface area contributed by atoms with E-state index in [0.29, 0.717) is 28.9 Å². The zero-order valence-electron chi connectivity index (χ0n) is 16.1. The molecule has 146 valence electrons.